The van der Waals surface area contributed by atoms with Crippen molar-refractivity contribution in [3.63, 3.8) is 0 Å². The number of nitrogens with zero attached hydrogens (tertiary/aromatic N) is 3. The van der Waals surface area contributed by atoms with Crippen molar-refractivity contribution < 1.29 is 19.1 Å². The minimum absolute atomic E-state index is 0.155. The number of primary amides is 1. The van der Waals surface area contributed by atoms with Gasteiger partial charge in [0.25, 0.3) is 0 Å². The lowest BCUT2D eigenvalue weighted by Gasteiger charge is -2.05. The third kappa shape index (κ3) is 2.97. The zero-order valence-corrected chi connectivity index (χ0v) is 10.3. The van der Waals surface area contributed by atoms with E-state index in [1.165, 1.54) is 24.3 Å². The predicted molar refractivity (Wildman–Crippen MR) is 65.4 cm³/mol. The molecule has 1 aromatic carbocycles. The second-order valence-corrected chi connectivity index (χ2v) is 4.12. The highest BCUT2D eigenvalue weighted by atomic mass is 19.1. The minimum atomic E-state index is -1.25. The van der Waals surface area contributed by atoms with E-state index in [0.717, 1.165) is 4.68 Å². The Hall–Kier alpha value is -2.77. The number of hydrogen-bond donors (Lipinski definition) is 2. The van der Waals surface area contributed by atoms with E-state index in [2.05, 4.69) is 10.3 Å². The number of hydrogen-bond acceptors (Lipinski definition) is 4. The monoisotopic (exact) mass is 278 g/mol. The van der Waals surface area contributed by atoms with Crippen LogP contribution in [0.5, 0.6) is 0 Å². The van der Waals surface area contributed by atoms with Gasteiger partial charge in [0.05, 0.1) is 5.69 Å². The number of amides is 1. The van der Waals surface area contributed by atoms with Crippen molar-refractivity contribution >= 4 is 11.9 Å². The quantitative estimate of drug-likeness (QED) is 0.811. The molecule has 1 heterocycles. The average Bonchev–Trinajstić information content (AvgIpc) is 2.74. The first-order valence-corrected chi connectivity index (χ1v) is 5.65. The predicted octanol–water partition coefficient (Wildman–Crippen LogP) is 0.192. The molecule has 1 aromatic heterocycles. The molecule has 7 nitrogen and oxygen atoms in total. The van der Waals surface area contributed by atoms with Gasteiger partial charge in [0.15, 0.2) is 5.69 Å². The molecule has 0 unspecified atom stereocenters. The Morgan fingerprint density at radius 3 is 2.50 bits per heavy atom. The number of benzene rings is 1. The summed E-state index contributed by atoms with van der Waals surface area (Å²) in [6.07, 6.45) is 0.155. The van der Waals surface area contributed by atoms with Gasteiger partial charge in [0, 0.05) is 6.42 Å². The summed E-state index contributed by atoms with van der Waals surface area (Å²) in [4.78, 5) is 22.0. The number of carboxylic acid groups (broad SMARTS) is 1. The molecule has 0 aliphatic heterocycles. The molecule has 0 saturated carbocycles. The molecule has 20 heavy (non-hydrogen) atoms. The van der Waals surface area contributed by atoms with Crippen LogP contribution in [0, 0.1) is 5.82 Å². The topological polar surface area (TPSA) is 111 Å². The molecule has 8 heteroatoms. The molecule has 3 N–H and O–H groups in total. The van der Waals surface area contributed by atoms with E-state index < -0.39 is 17.7 Å². The Bertz CT molecular complexity index is 651. The van der Waals surface area contributed by atoms with E-state index in [0.29, 0.717) is 5.56 Å². The van der Waals surface area contributed by atoms with Crippen LogP contribution in [0.1, 0.15) is 21.7 Å². The summed E-state index contributed by atoms with van der Waals surface area (Å²) in [5, 5.41) is 16.2. The van der Waals surface area contributed by atoms with Crippen LogP contribution in [-0.4, -0.2) is 32.0 Å². The molecule has 2 aromatic rings. The number of halogens is 1. The van der Waals surface area contributed by atoms with Crippen LogP contribution < -0.4 is 5.73 Å². The first-order valence-electron chi connectivity index (χ1n) is 5.65. The van der Waals surface area contributed by atoms with Crippen molar-refractivity contribution in [1.29, 1.82) is 0 Å². The van der Waals surface area contributed by atoms with Crippen molar-refractivity contribution in [3.05, 3.63) is 47.0 Å². The Morgan fingerprint density at radius 2 is 1.95 bits per heavy atom. The molecule has 0 spiro atoms. The van der Waals surface area contributed by atoms with Gasteiger partial charge in [0.1, 0.15) is 12.4 Å². The lowest BCUT2D eigenvalue weighted by molar-refractivity contribution is -0.118. The van der Waals surface area contributed by atoms with Crippen LogP contribution >= 0.6 is 0 Å². The summed E-state index contributed by atoms with van der Waals surface area (Å²) in [6, 6.07) is 5.56. The fourth-order valence-corrected chi connectivity index (χ4v) is 1.74. The lowest BCUT2D eigenvalue weighted by atomic mass is 10.1. The second kappa shape index (κ2) is 5.47. The van der Waals surface area contributed by atoms with Crippen LogP contribution in [0.15, 0.2) is 24.3 Å². The smallest absolute Gasteiger partial charge is 0.358 e. The van der Waals surface area contributed by atoms with E-state index in [4.69, 9.17) is 10.8 Å². The van der Waals surface area contributed by atoms with Crippen LogP contribution in [-0.2, 0) is 17.8 Å². The van der Waals surface area contributed by atoms with Crippen molar-refractivity contribution in [2.75, 3.05) is 0 Å². The van der Waals surface area contributed by atoms with Gasteiger partial charge in [-0.25, -0.2) is 13.9 Å². The van der Waals surface area contributed by atoms with E-state index in [1.54, 1.807) is 0 Å². The molecule has 0 atom stereocenters. The summed E-state index contributed by atoms with van der Waals surface area (Å²) in [5.74, 6) is -2.30. The van der Waals surface area contributed by atoms with Crippen molar-refractivity contribution in [1.82, 2.24) is 15.0 Å². The first kappa shape index (κ1) is 13.7. The van der Waals surface area contributed by atoms with Crippen LogP contribution in [0.3, 0.4) is 0 Å². The fraction of sp³-hybridized carbons (Fsp3) is 0.167. The summed E-state index contributed by atoms with van der Waals surface area (Å²) in [7, 11) is 0. The highest BCUT2D eigenvalue weighted by molar-refractivity contribution is 5.86. The molecular weight excluding hydrogens is 267 g/mol. The summed E-state index contributed by atoms with van der Waals surface area (Å²) < 4.78 is 14.0. The van der Waals surface area contributed by atoms with E-state index >= 15 is 0 Å². The number of rotatable bonds is 5. The molecule has 2 rings (SSSR count). The molecule has 0 fully saturated rings. The van der Waals surface area contributed by atoms with Crippen molar-refractivity contribution in [2.24, 2.45) is 5.73 Å². The van der Waals surface area contributed by atoms with Crippen LogP contribution in [0.25, 0.3) is 0 Å². The van der Waals surface area contributed by atoms with E-state index in [-0.39, 0.29) is 24.4 Å². The molecule has 1 amide bonds. The molecule has 0 bridgehead atoms. The number of aromatic carboxylic acids is 1. The minimum Gasteiger partial charge on any atom is -0.476 e. The van der Waals surface area contributed by atoms with Crippen LogP contribution in [0.4, 0.5) is 4.39 Å². The lowest BCUT2D eigenvalue weighted by Crippen LogP contribution is -2.21. The Morgan fingerprint density at radius 1 is 1.30 bits per heavy atom. The van der Waals surface area contributed by atoms with Gasteiger partial charge >= 0.3 is 5.97 Å². The largest absolute Gasteiger partial charge is 0.476 e. The second-order valence-electron chi connectivity index (χ2n) is 4.12. The zero-order chi connectivity index (χ0) is 14.7. The molecule has 104 valence electrons. The number of carboxylic acids is 1. The van der Waals surface area contributed by atoms with Gasteiger partial charge in [0.2, 0.25) is 5.91 Å². The first-order chi connectivity index (χ1) is 9.47. The molecule has 0 aliphatic rings. The number of carbonyl (C=O) groups excluding carboxylic acids is 1. The zero-order valence-electron chi connectivity index (χ0n) is 10.3. The third-order valence-electron chi connectivity index (χ3n) is 2.63. The average molecular weight is 278 g/mol. The third-order valence-corrected chi connectivity index (χ3v) is 2.63. The maximum Gasteiger partial charge on any atom is 0.358 e. The van der Waals surface area contributed by atoms with Crippen molar-refractivity contribution in [3.8, 4) is 0 Å². The van der Waals surface area contributed by atoms with Gasteiger partial charge in [-0.05, 0) is 17.7 Å². The Balaban J connectivity index is 2.36. The summed E-state index contributed by atoms with van der Waals surface area (Å²) in [5.41, 5.74) is 5.72. The summed E-state index contributed by atoms with van der Waals surface area (Å²) >= 11 is 0. The summed E-state index contributed by atoms with van der Waals surface area (Å²) in [6.45, 7) is -0.267. The van der Waals surface area contributed by atoms with E-state index in [1.807, 2.05) is 0 Å². The Labute approximate surface area is 112 Å². The highest BCUT2D eigenvalue weighted by Gasteiger charge is 2.20. The fourth-order valence-electron chi connectivity index (χ4n) is 1.74. The number of nitrogens with two attached hydrogens (primary N) is 1. The highest BCUT2D eigenvalue weighted by Crippen LogP contribution is 2.13. The molecule has 0 saturated heterocycles. The normalized spacial score (nSPS) is 10.4. The van der Waals surface area contributed by atoms with Crippen LogP contribution in [0.2, 0.25) is 0 Å². The maximum absolute atomic E-state index is 12.8. The maximum atomic E-state index is 12.8. The number of aromatic nitrogens is 3. The van der Waals surface area contributed by atoms with Gasteiger partial charge in [-0.15, -0.1) is 5.10 Å². The van der Waals surface area contributed by atoms with Crippen molar-refractivity contribution in [2.45, 2.75) is 13.0 Å². The van der Waals surface area contributed by atoms with Gasteiger partial charge < -0.3 is 10.8 Å². The molecule has 0 radical (unpaired) electrons. The standard InChI is InChI=1S/C12H11FN4O3/c13-8-3-1-7(2-4-8)5-9-11(12(19)20)15-16-17(9)6-10(14)18/h1-4H,5-6H2,(H2,14,18)(H,19,20). The van der Waals surface area contributed by atoms with Gasteiger partial charge in [-0.1, -0.05) is 17.3 Å². The van der Waals surface area contributed by atoms with Gasteiger partial charge in [-0.3, -0.25) is 4.79 Å². The number of carbonyl (C=O) groups is 2. The van der Waals surface area contributed by atoms with E-state index in [9.17, 15) is 14.0 Å². The molecule has 0 aliphatic carbocycles. The van der Waals surface area contributed by atoms with Gasteiger partial charge in [-0.2, -0.15) is 0 Å². The Kier molecular flexibility index (Phi) is 3.74. The molecular formula is C12H11FN4O3. The SMILES string of the molecule is NC(=O)Cn1nnc(C(=O)O)c1Cc1ccc(F)cc1.